The minimum absolute atomic E-state index is 0. The van der Waals surface area contributed by atoms with E-state index in [0.29, 0.717) is 5.75 Å². The van der Waals surface area contributed by atoms with E-state index < -0.39 is 40.0 Å². The molecule has 0 bridgehead atoms. The molecule has 0 radical (unpaired) electrons. The number of amides is 2. The van der Waals surface area contributed by atoms with Gasteiger partial charge >= 0.3 is 29.6 Å². The monoisotopic (exact) mass is 372 g/mol. The van der Waals surface area contributed by atoms with Gasteiger partial charge in [0.25, 0.3) is 5.91 Å². The van der Waals surface area contributed by atoms with Crippen LogP contribution in [0.2, 0.25) is 0 Å². The van der Waals surface area contributed by atoms with Gasteiger partial charge in [0, 0.05) is 4.75 Å². The number of carboxylic acid groups (broad SMARTS) is 1. The molecule has 2 aliphatic heterocycles. The number of benzene rings is 1. The van der Waals surface area contributed by atoms with Crippen molar-refractivity contribution >= 4 is 29.5 Å². The van der Waals surface area contributed by atoms with Crippen molar-refractivity contribution in [3.05, 3.63) is 30.3 Å². The molecule has 2 fully saturated rings. The summed E-state index contributed by atoms with van der Waals surface area (Å²) in [5.74, 6) is -1.55. The van der Waals surface area contributed by atoms with Crippen LogP contribution in [0.25, 0.3) is 0 Å². The number of hydrogen-bond acceptors (Lipinski definition) is 6. The number of β-lactam (4-membered cyclic amide) rings is 1. The van der Waals surface area contributed by atoms with E-state index in [9.17, 15) is 19.5 Å². The summed E-state index contributed by atoms with van der Waals surface area (Å²) < 4.78 is 4.67. The maximum Gasteiger partial charge on any atom is 1.00 e. The fourth-order valence-corrected chi connectivity index (χ4v) is 4.63. The van der Waals surface area contributed by atoms with Crippen molar-refractivity contribution in [2.24, 2.45) is 0 Å². The number of thioether (sulfide) groups is 1. The van der Waals surface area contributed by atoms with E-state index in [0.717, 1.165) is 0 Å². The topological polar surface area (TPSA) is 98.8 Å². The summed E-state index contributed by atoms with van der Waals surface area (Å²) in [5, 5.41) is 13.5. The summed E-state index contributed by atoms with van der Waals surface area (Å²) in [6, 6.07) is 7.14. The summed E-state index contributed by atoms with van der Waals surface area (Å²) >= 11 is 1.35. The molecule has 25 heavy (non-hydrogen) atoms. The first kappa shape index (κ1) is 20.1. The summed E-state index contributed by atoms with van der Waals surface area (Å²) in [4.78, 5) is 36.8. The molecule has 7 nitrogen and oxygen atoms in total. The zero-order chi connectivity index (χ0) is 17.5. The van der Waals surface area contributed by atoms with Gasteiger partial charge in [-0.2, -0.15) is 0 Å². The predicted molar refractivity (Wildman–Crippen MR) is 85.0 cm³/mol. The first-order valence-electron chi connectivity index (χ1n) is 7.49. The summed E-state index contributed by atoms with van der Waals surface area (Å²) in [7, 11) is 0. The second-order valence-corrected chi connectivity index (χ2v) is 8.00. The number of aliphatic carboxylic acids is 1. The number of ether oxygens (including phenoxy) is 1. The number of rotatable bonds is 5. The molecule has 1 aromatic carbocycles. The molecule has 2 amide bonds. The Hall–Kier alpha value is -1.22. The maximum atomic E-state index is 12.2. The van der Waals surface area contributed by atoms with E-state index in [4.69, 9.17) is 4.74 Å². The van der Waals surface area contributed by atoms with Gasteiger partial charge in [0.2, 0.25) is 5.91 Å². The number of carbonyl (C=O) groups excluding carboxylic acids is 3. The molecular weight excluding hydrogens is 355 g/mol. The van der Waals surface area contributed by atoms with Crippen LogP contribution in [0.4, 0.5) is 0 Å². The van der Waals surface area contributed by atoms with E-state index in [2.05, 4.69) is 5.32 Å². The van der Waals surface area contributed by atoms with Gasteiger partial charge in [-0.25, -0.2) is 0 Å². The molecule has 0 aliphatic carbocycles. The average Bonchev–Trinajstić information content (AvgIpc) is 2.80. The molecular formula is C16H17N2NaO5S. The zero-order valence-corrected chi connectivity index (χ0v) is 17.0. The van der Waals surface area contributed by atoms with Gasteiger partial charge in [-0.15, -0.1) is 11.8 Å². The predicted octanol–water partition coefficient (Wildman–Crippen LogP) is -3.63. The van der Waals surface area contributed by atoms with E-state index >= 15 is 0 Å². The van der Waals surface area contributed by atoms with Crippen molar-refractivity contribution in [2.75, 3.05) is 6.61 Å². The van der Waals surface area contributed by atoms with Crippen molar-refractivity contribution in [1.82, 2.24) is 10.2 Å². The number of nitrogens with zero attached hydrogens (tertiary/aromatic N) is 1. The third-order valence-electron chi connectivity index (χ3n) is 4.09. The second kappa shape index (κ2) is 7.57. The molecule has 0 unspecified atom stereocenters. The second-order valence-electron chi connectivity index (χ2n) is 6.23. The Morgan fingerprint density at radius 2 is 1.96 bits per heavy atom. The van der Waals surface area contributed by atoms with Crippen LogP contribution >= 0.6 is 11.8 Å². The minimum Gasteiger partial charge on any atom is -0.548 e. The molecule has 3 atom stereocenters. The zero-order valence-electron chi connectivity index (χ0n) is 14.2. The quantitative estimate of drug-likeness (QED) is 0.423. The minimum atomic E-state index is -1.28. The van der Waals surface area contributed by atoms with Gasteiger partial charge in [-0.05, 0) is 26.0 Å². The largest absolute Gasteiger partial charge is 1.00 e. The third-order valence-corrected chi connectivity index (χ3v) is 5.67. The van der Waals surface area contributed by atoms with Gasteiger partial charge < -0.3 is 24.9 Å². The van der Waals surface area contributed by atoms with Crippen LogP contribution in [-0.4, -0.2) is 51.5 Å². The first-order chi connectivity index (χ1) is 11.3. The van der Waals surface area contributed by atoms with Gasteiger partial charge in [0.1, 0.15) is 17.2 Å². The van der Waals surface area contributed by atoms with Gasteiger partial charge in [0.05, 0.1) is 12.0 Å². The normalized spacial score (nSPS) is 26.1. The Bertz CT molecular complexity index is 684. The Kier molecular flexibility index (Phi) is 6.09. The molecule has 9 heteroatoms. The van der Waals surface area contributed by atoms with Crippen molar-refractivity contribution in [1.29, 1.82) is 0 Å². The van der Waals surface area contributed by atoms with E-state index in [-0.39, 0.29) is 36.2 Å². The average molecular weight is 372 g/mol. The number of carbonyl (C=O) groups is 3. The molecule has 0 aromatic heterocycles. The molecule has 2 saturated heterocycles. The van der Waals surface area contributed by atoms with Crippen LogP contribution in [0.3, 0.4) is 0 Å². The van der Waals surface area contributed by atoms with Crippen molar-refractivity contribution in [3.63, 3.8) is 0 Å². The standard InChI is InChI=1S/C16H18N2O5S.Na/c1-16(2)12(15(21)22)18-13(20)11(14(18)24-16)17-10(19)8-23-9-6-4-3-5-7-9;/h3-7,11-12,14H,8H2,1-2H3,(H,17,19)(H,21,22);/q;+1/p-1/t11-,12-,14-;/m0./s1. The Morgan fingerprint density at radius 1 is 1.32 bits per heavy atom. The molecule has 128 valence electrons. The first-order valence-corrected chi connectivity index (χ1v) is 8.37. The number of carboxylic acids is 1. The summed E-state index contributed by atoms with van der Waals surface area (Å²) in [6.07, 6.45) is 0. The van der Waals surface area contributed by atoms with E-state index in [1.165, 1.54) is 16.7 Å². The Morgan fingerprint density at radius 3 is 2.56 bits per heavy atom. The van der Waals surface area contributed by atoms with Crippen molar-refractivity contribution in [3.8, 4) is 5.75 Å². The fourth-order valence-electron chi connectivity index (χ4n) is 3.01. The molecule has 2 aliphatic rings. The van der Waals surface area contributed by atoms with Crippen LogP contribution < -0.4 is 44.7 Å². The van der Waals surface area contributed by atoms with E-state index in [1.54, 1.807) is 38.1 Å². The maximum absolute atomic E-state index is 12.2. The van der Waals surface area contributed by atoms with Crippen LogP contribution in [0.15, 0.2) is 30.3 Å². The van der Waals surface area contributed by atoms with Crippen LogP contribution in [0, 0.1) is 0 Å². The molecule has 0 spiro atoms. The number of fused-ring (bicyclic) bond motifs is 1. The van der Waals surface area contributed by atoms with Crippen LogP contribution in [0.1, 0.15) is 13.8 Å². The smallest absolute Gasteiger partial charge is 0.548 e. The summed E-state index contributed by atoms with van der Waals surface area (Å²) in [5.41, 5.74) is 0. The van der Waals surface area contributed by atoms with Gasteiger partial charge in [0.15, 0.2) is 6.61 Å². The van der Waals surface area contributed by atoms with Gasteiger partial charge in [-0.3, -0.25) is 9.59 Å². The van der Waals surface area contributed by atoms with Crippen LogP contribution in [-0.2, 0) is 14.4 Å². The number of nitrogens with one attached hydrogen (secondary N) is 1. The number of hydrogen-bond donors (Lipinski definition) is 1. The molecule has 0 saturated carbocycles. The SMILES string of the molecule is CC1(C)S[C@H]2[C@@H](NC(=O)COc3ccccc3)C(=O)N2[C@H]1C(=O)[O-].[Na+]. The van der Waals surface area contributed by atoms with Gasteiger partial charge in [-0.1, -0.05) is 18.2 Å². The van der Waals surface area contributed by atoms with E-state index in [1.807, 2.05) is 6.07 Å². The third kappa shape index (κ3) is 3.81. The Labute approximate surface area is 171 Å². The van der Waals surface area contributed by atoms with Crippen molar-refractivity contribution in [2.45, 2.75) is 36.1 Å². The molecule has 1 aromatic rings. The van der Waals surface area contributed by atoms with Crippen molar-refractivity contribution < 1.29 is 53.8 Å². The molecule has 2 heterocycles. The summed E-state index contributed by atoms with van der Waals surface area (Å²) in [6.45, 7) is 3.29. The molecule has 1 N–H and O–H groups in total. The Balaban J connectivity index is 0.00000225. The molecule has 3 rings (SSSR count). The fraction of sp³-hybridized carbons (Fsp3) is 0.438. The van der Waals surface area contributed by atoms with Crippen LogP contribution in [0.5, 0.6) is 5.75 Å². The number of para-hydroxylation sites is 1.